The molecule has 1 N–H and O–H groups in total. The second-order valence-electron chi connectivity index (χ2n) is 5.90. The van der Waals surface area contributed by atoms with Crippen LogP contribution in [0.2, 0.25) is 5.02 Å². The minimum Gasteiger partial charge on any atom is -0.393 e. The van der Waals surface area contributed by atoms with Crippen molar-refractivity contribution in [3.05, 3.63) is 41.0 Å². The van der Waals surface area contributed by atoms with Gasteiger partial charge in [0, 0.05) is 23.5 Å². The third-order valence-electron chi connectivity index (χ3n) is 4.38. The first-order valence-corrected chi connectivity index (χ1v) is 7.96. The number of hydrogen-bond acceptors (Lipinski definition) is 3. The molecule has 0 saturated carbocycles. The summed E-state index contributed by atoms with van der Waals surface area (Å²) in [6.45, 7) is 3.16. The van der Waals surface area contributed by atoms with Crippen LogP contribution in [0.15, 0.2) is 30.3 Å². The van der Waals surface area contributed by atoms with Crippen molar-refractivity contribution in [3.63, 3.8) is 0 Å². The standard InChI is InChI=1S/C17H19ClN2O2/c1-11(21)12-6-8-20(9-7-12)17(22)15-5-3-13-2-4-14(18)10-16(13)19-15/h2-5,10-12,21H,6-9H2,1H3. The van der Waals surface area contributed by atoms with E-state index in [1.54, 1.807) is 12.1 Å². The Morgan fingerprint density at radius 1 is 1.32 bits per heavy atom. The van der Waals surface area contributed by atoms with Crippen LogP contribution in [0, 0.1) is 5.92 Å². The second kappa shape index (κ2) is 6.23. The Labute approximate surface area is 134 Å². The van der Waals surface area contributed by atoms with Gasteiger partial charge in [-0.25, -0.2) is 4.98 Å². The van der Waals surface area contributed by atoms with Gasteiger partial charge in [-0.3, -0.25) is 4.79 Å². The van der Waals surface area contributed by atoms with Gasteiger partial charge in [0.15, 0.2) is 0 Å². The van der Waals surface area contributed by atoms with Gasteiger partial charge in [-0.05, 0) is 43.9 Å². The summed E-state index contributed by atoms with van der Waals surface area (Å²) in [6, 6.07) is 9.14. The molecule has 0 spiro atoms. The van der Waals surface area contributed by atoms with Crippen molar-refractivity contribution in [3.8, 4) is 0 Å². The summed E-state index contributed by atoms with van der Waals surface area (Å²) in [5, 5.41) is 11.2. The van der Waals surface area contributed by atoms with Crippen LogP contribution in [-0.4, -0.2) is 40.1 Å². The highest BCUT2D eigenvalue weighted by Crippen LogP contribution is 2.23. The predicted molar refractivity (Wildman–Crippen MR) is 87.1 cm³/mol. The number of halogens is 1. The first kappa shape index (κ1) is 15.3. The first-order chi connectivity index (χ1) is 10.5. The van der Waals surface area contributed by atoms with Gasteiger partial charge in [-0.1, -0.05) is 23.7 Å². The van der Waals surface area contributed by atoms with Crippen LogP contribution in [0.4, 0.5) is 0 Å². The first-order valence-electron chi connectivity index (χ1n) is 7.58. The Hall–Kier alpha value is -1.65. The van der Waals surface area contributed by atoms with E-state index in [1.807, 2.05) is 30.0 Å². The van der Waals surface area contributed by atoms with E-state index in [0.29, 0.717) is 23.8 Å². The van der Waals surface area contributed by atoms with Gasteiger partial charge in [-0.15, -0.1) is 0 Å². The fourth-order valence-corrected chi connectivity index (χ4v) is 3.12. The number of pyridine rings is 1. The number of aliphatic hydroxyl groups is 1. The lowest BCUT2D eigenvalue weighted by atomic mass is 9.92. The fraction of sp³-hybridized carbons (Fsp3) is 0.412. The third kappa shape index (κ3) is 3.08. The predicted octanol–water partition coefficient (Wildman–Crippen LogP) is 3.12. The Balaban J connectivity index is 1.78. The molecule has 0 radical (unpaired) electrons. The molecule has 2 heterocycles. The average molecular weight is 319 g/mol. The quantitative estimate of drug-likeness (QED) is 0.925. The highest BCUT2D eigenvalue weighted by atomic mass is 35.5. The summed E-state index contributed by atoms with van der Waals surface area (Å²) in [4.78, 5) is 18.8. The maximum Gasteiger partial charge on any atom is 0.272 e. The number of amides is 1. The fourth-order valence-electron chi connectivity index (χ4n) is 2.96. The Kier molecular flexibility index (Phi) is 4.32. The number of aromatic nitrogens is 1. The van der Waals surface area contributed by atoms with E-state index in [0.717, 1.165) is 23.7 Å². The molecule has 1 amide bonds. The Morgan fingerprint density at radius 3 is 2.68 bits per heavy atom. The molecular weight excluding hydrogens is 300 g/mol. The van der Waals surface area contributed by atoms with Gasteiger partial charge in [-0.2, -0.15) is 0 Å². The number of rotatable bonds is 2. The third-order valence-corrected chi connectivity index (χ3v) is 4.62. The second-order valence-corrected chi connectivity index (χ2v) is 6.34. The van der Waals surface area contributed by atoms with E-state index < -0.39 is 0 Å². The summed E-state index contributed by atoms with van der Waals surface area (Å²) in [5.41, 5.74) is 1.18. The number of fused-ring (bicyclic) bond motifs is 1. The molecular formula is C17H19ClN2O2. The molecule has 116 valence electrons. The van der Waals surface area contributed by atoms with E-state index >= 15 is 0 Å². The van der Waals surface area contributed by atoms with Gasteiger partial charge in [0.1, 0.15) is 5.69 Å². The molecule has 4 nitrogen and oxygen atoms in total. The summed E-state index contributed by atoms with van der Waals surface area (Å²) in [5.74, 6) is 0.235. The molecule has 2 aromatic rings. The van der Waals surface area contributed by atoms with Crippen LogP contribution in [0.5, 0.6) is 0 Å². The van der Waals surface area contributed by atoms with Gasteiger partial charge in [0.2, 0.25) is 0 Å². The molecule has 1 aromatic carbocycles. The number of hydrogen-bond donors (Lipinski definition) is 1. The molecule has 1 aliphatic heterocycles. The van der Waals surface area contributed by atoms with Crippen molar-refractivity contribution in [1.82, 2.24) is 9.88 Å². The molecule has 1 unspecified atom stereocenters. The van der Waals surface area contributed by atoms with Crippen molar-refractivity contribution in [2.45, 2.75) is 25.9 Å². The molecule has 3 rings (SSSR count). The number of aliphatic hydroxyl groups excluding tert-OH is 1. The topological polar surface area (TPSA) is 53.4 Å². The molecule has 0 bridgehead atoms. The maximum atomic E-state index is 12.6. The van der Waals surface area contributed by atoms with Crippen LogP contribution >= 0.6 is 11.6 Å². The minimum absolute atomic E-state index is 0.0501. The van der Waals surface area contributed by atoms with E-state index in [9.17, 15) is 9.90 Å². The van der Waals surface area contributed by atoms with Crippen LogP contribution in [-0.2, 0) is 0 Å². The number of carbonyl (C=O) groups excluding carboxylic acids is 1. The molecule has 0 aliphatic carbocycles. The zero-order valence-corrected chi connectivity index (χ0v) is 13.3. The number of likely N-dealkylation sites (tertiary alicyclic amines) is 1. The molecule has 5 heteroatoms. The molecule has 1 fully saturated rings. The molecule has 1 aromatic heterocycles. The van der Waals surface area contributed by atoms with Crippen LogP contribution in [0.1, 0.15) is 30.3 Å². The van der Waals surface area contributed by atoms with Crippen LogP contribution in [0.25, 0.3) is 10.9 Å². The van der Waals surface area contributed by atoms with Crippen molar-refractivity contribution >= 4 is 28.4 Å². The van der Waals surface area contributed by atoms with Crippen LogP contribution < -0.4 is 0 Å². The zero-order valence-electron chi connectivity index (χ0n) is 12.5. The largest absolute Gasteiger partial charge is 0.393 e. The van der Waals surface area contributed by atoms with Crippen LogP contribution in [0.3, 0.4) is 0 Å². The van der Waals surface area contributed by atoms with E-state index in [2.05, 4.69) is 4.98 Å². The summed E-state index contributed by atoms with van der Waals surface area (Å²) < 4.78 is 0. The Bertz CT molecular complexity index is 694. The Morgan fingerprint density at radius 2 is 2.00 bits per heavy atom. The minimum atomic E-state index is -0.307. The average Bonchev–Trinajstić information content (AvgIpc) is 2.53. The van der Waals surface area contributed by atoms with Gasteiger partial charge < -0.3 is 10.0 Å². The van der Waals surface area contributed by atoms with E-state index in [4.69, 9.17) is 11.6 Å². The summed E-state index contributed by atoms with van der Waals surface area (Å²) in [6.07, 6.45) is 1.37. The van der Waals surface area contributed by atoms with Gasteiger partial charge in [0.25, 0.3) is 5.91 Å². The lowest BCUT2D eigenvalue weighted by Crippen LogP contribution is -2.41. The number of nitrogens with zero attached hydrogens (tertiary/aromatic N) is 2. The maximum absolute atomic E-state index is 12.6. The number of benzene rings is 1. The zero-order chi connectivity index (χ0) is 15.7. The van der Waals surface area contributed by atoms with E-state index in [1.165, 1.54) is 0 Å². The van der Waals surface area contributed by atoms with Crippen molar-refractivity contribution in [2.24, 2.45) is 5.92 Å². The summed E-state index contributed by atoms with van der Waals surface area (Å²) >= 11 is 5.99. The smallest absolute Gasteiger partial charge is 0.272 e. The molecule has 22 heavy (non-hydrogen) atoms. The van der Waals surface area contributed by atoms with Gasteiger partial charge >= 0.3 is 0 Å². The number of carbonyl (C=O) groups is 1. The molecule has 1 saturated heterocycles. The SMILES string of the molecule is CC(O)C1CCN(C(=O)c2ccc3ccc(Cl)cc3n2)CC1. The van der Waals surface area contributed by atoms with E-state index in [-0.39, 0.29) is 17.9 Å². The number of piperidine rings is 1. The van der Waals surface area contributed by atoms with Crippen molar-refractivity contribution in [2.75, 3.05) is 13.1 Å². The highest BCUT2D eigenvalue weighted by Gasteiger charge is 2.26. The van der Waals surface area contributed by atoms with Crippen molar-refractivity contribution in [1.29, 1.82) is 0 Å². The molecule has 1 aliphatic rings. The monoisotopic (exact) mass is 318 g/mol. The van der Waals surface area contributed by atoms with Crippen molar-refractivity contribution < 1.29 is 9.90 Å². The summed E-state index contributed by atoms with van der Waals surface area (Å²) in [7, 11) is 0. The normalized spacial score (nSPS) is 17.7. The highest BCUT2D eigenvalue weighted by molar-refractivity contribution is 6.31. The molecule has 1 atom stereocenters. The van der Waals surface area contributed by atoms with Gasteiger partial charge in [0.05, 0.1) is 11.6 Å². The lowest BCUT2D eigenvalue weighted by molar-refractivity contribution is 0.0517. The lowest BCUT2D eigenvalue weighted by Gasteiger charge is -2.33.